The van der Waals surface area contributed by atoms with Gasteiger partial charge >= 0.3 is 8.56 Å². The van der Waals surface area contributed by atoms with Gasteiger partial charge in [0.15, 0.2) is 0 Å². The molecule has 0 spiro atoms. The highest BCUT2D eigenvalue weighted by Crippen LogP contribution is 2.32. The lowest BCUT2D eigenvalue weighted by Gasteiger charge is -2.45. The van der Waals surface area contributed by atoms with Crippen molar-refractivity contribution in [2.45, 2.75) is 56.8 Å². The van der Waals surface area contributed by atoms with Crippen LogP contribution < -0.4 is 0 Å². The minimum atomic E-state index is -1.92. The summed E-state index contributed by atoms with van der Waals surface area (Å²) >= 11 is 0. The zero-order chi connectivity index (χ0) is 13.7. The highest BCUT2D eigenvalue weighted by atomic mass is 28.4. The Hall–Kier alpha value is 0.0569. The highest BCUT2D eigenvalue weighted by Gasteiger charge is 2.40. The molecule has 0 bridgehead atoms. The summed E-state index contributed by atoms with van der Waals surface area (Å²) in [4.78, 5) is 2.59. The van der Waals surface area contributed by atoms with Gasteiger partial charge in [0.25, 0.3) is 0 Å². The summed E-state index contributed by atoms with van der Waals surface area (Å²) in [7, 11) is 1.69. The molecule has 0 N–H and O–H groups in total. The molecule has 1 aliphatic carbocycles. The number of fused-ring (bicyclic) bond motifs is 1. The lowest BCUT2D eigenvalue weighted by atomic mass is 9.91. The van der Waals surface area contributed by atoms with E-state index in [1.165, 1.54) is 38.6 Å². The van der Waals surface area contributed by atoms with Crippen LogP contribution in [-0.2, 0) is 13.6 Å². The molecule has 4 nitrogen and oxygen atoms in total. The van der Waals surface area contributed by atoms with Gasteiger partial charge in [-0.05, 0) is 38.4 Å². The third kappa shape index (κ3) is 4.01. The van der Waals surface area contributed by atoms with E-state index in [9.17, 15) is 0 Å². The Kier molecular flexibility index (Phi) is 5.83. The van der Waals surface area contributed by atoms with Crippen LogP contribution in [0.15, 0.2) is 0 Å². The third-order valence-corrected chi connectivity index (χ3v) is 7.55. The third-order valence-electron chi connectivity index (χ3n) is 4.63. The molecule has 19 heavy (non-hydrogen) atoms. The molecule has 2 rings (SSSR count). The Labute approximate surface area is 118 Å². The van der Waals surface area contributed by atoms with E-state index >= 15 is 0 Å². The summed E-state index contributed by atoms with van der Waals surface area (Å²) in [6.07, 6.45) is 6.65. The number of ether oxygens (including phenoxy) is 1. The van der Waals surface area contributed by atoms with E-state index in [-0.39, 0.29) is 0 Å². The molecule has 1 aliphatic heterocycles. The van der Waals surface area contributed by atoms with Gasteiger partial charge in [-0.2, -0.15) is 0 Å². The van der Waals surface area contributed by atoms with Gasteiger partial charge in [0, 0.05) is 26.8 Å². The summed E-state index contributed by atoms with van der Waals surface area (Å²) < 4.78 is 17.5. The second kappa shape index (κ2) is 7.18. The smallest absolute Gasteiger partial charge is 0.335 e. The summed E-state index contributed by atoms with van der Waals surface area (Å²) in [5.74, 6) is 0. The summed E-state index contributed by atoms with van der Waals surface area (Å²) in [6.45, 7) is 5.25. The number of hydrogen-bond donors (Lipinski definition) is 0. The van der Waals surface area contributed by atoms with Crippen LogP contribution in [0.2, 0.25) is 12.6 Å². The molecule has 1 saturated carbocycles. The molecule has 112 valence electrons. The topological polar surface area (TPSA) is 30.9 Å². The zero-order valence-corrected chi connectivity index (χ0v) is 13.7. The van der Waals surface area contributed by atoms with Crippen molar-refractivity contribution >= 4 is 8.56 Å². The van der Waals surface area contributed by atoms with Gasteiger partial charge in [-0.3, -0.25) is 4.90 Å². The fourth-order valence-electron chi connectivity index (χ4n) is 3.42. The standard InChI is InChI=1S/C14H29NO3Si/c1-16-11-10-15-9-6-12-19(3,17-2)18-14-8-5-4-7-13(14)15/h13-14H,4-12H2,1-3H3. The minimum Gasteiger partial charge on any atom is -0.398 e. The summed E-state index contributed by atoms with van der Waals surface area (Å²) in [6, 6.07) is 1.68. The Morgan fingerprint density at radius 2 is 2.00 bits per heavy atom. The fraction of sp³-hybridized carbons (Fsp3) is 1.00. The van der Waals surface area contributed by atoms with Crippen molar-refractivity contribution in [3.8, 4) is 0 Å². The fourth-order valence-corrected chi connectivity index (χ4v) is 5.55. The van der Waals surface area contributed by atoms with Gasteiger partial charge in [-0.1, -0.05) is 12.8 Å². The Balaban J connectivity index is 2.05. The first kappa shape index (κ1) is 15.4. The van der Waals surface area contributed by atoms with Gasteiger partial charge in [0.2, 0.25) is 0 Å². The molecule has 5 heteroatoms. The van der Waals surface area contributed by atoms with E-state index in [0.717, 1.165) is 19.2 Å². The average Bonchev–Trinajstić information content (AvgIpc) is 2.41. The molecule has 3 atom stereocenters. The molecule has 0 aromatic heterocycles. The van der Waals surface area contributed by atoms with E-state index in [1.807, 2.05) is 7.11 Å². The maximum Gasteiger partial charge on any atom is 0.335 e. The molecule has 0 aromatic carbocycles. The first-order valence-corrected chi connectivity index (χ1v) is 10.2. The highest BCUT2D eigenvalue weighted by molar-refractivity contribution is 6.66. The SMILES string of the molecule is COCCN1CCC[Si](C)(OC)OC2CCCCC21. The van der Waals surface area contributed by atoms with E-state index in [2.05, 4.69) is 11.4 Å². The van der Waals surface area contributed by atoms with Crippen molar-refractivity contribution < 1.29 is 13.6 Å². The van der Waals surface area contributed by atoms with Gasteiger partial charge in [-0.15, -0.1) is 0 Å². The first-order valence-electron chi connectivity index (χ1n) is 7.64. The number of hydrogen-bond acceptors (Lipinski definition) is 4. The van der Waals surface area contributed by atoms with Crippen molar-refractivity contribution in [1.29, 1.82) is 0 Å². The molecule has 1 heterocycles. The molecule has 2 fully saturated rings. The van der Waals surface area contributed by atoms with Crippen LogP contribution in [0, 0.1) is 0 Å². The van der Waals surface area contributed by atoms with Crippen LogP contribution in [-0.4, -0.2) is 59.5 Å². The van der Waals surface area contributed by atoms with Crippen LogP contribution in [0.4, 0.5) is 0 Å². The largest absolute Gasteiger partial charge is 0.398 e. The number of methoxy groups -OCH3 is 1. The normalized spacial score (nSPS) is 37.4. The minimum absolute atomic E-state index is 0.377. The molecule has 0 amide bonds. The molecular formula is C14H29NO3Si. The lowest BCUT2D eigenvalue weighted by Crippen LogP contribution is -2.55. The van der Waals surface area contributed by atoms with Crippen LogP contribution in [0.1, 0.15) is 32.1 Å². The predicted octanol–water partition coefficient (Wildman–Crippen LogP) is 2.38. The predicted molar refractivity (Wildman–Crippen MR) is 78.6 cm³/mol. The maximum atomic E-state index is 6.48. The van der Waals surface area contributed by atoms with Crippen molar-refractivity contribution in [3.05, 3.63) is 0 Å². The van der Waals surface area contributed by atoms with Crippen molar-refractivity contribution in [2.75, 3.05) is 33.9 Å². The quantitative estimate of drug-likeness (QED) is 0.743. The molecule has 1 saturated heterocycles. The molecule has 3 unspecified atom stereocenters. The van der Waals surface area contributed by atoms with E-state index in [1.54, 1.807) is 7.11 Å². The van der Waals surface area contributed by atoms with Gasteiger partial charge in [-0.25, -0.2) is 0 Å². The van der Waals surface area contributed by atoms with E-state index in [4.69, 9.17) is 13.6 Å². The van der Waals surface area contributed by atoms with Crippen LogP contribution >= 0.6 is 0 Å². The second-order valence-corrected chi connectivity index (χ2v) is 9.39. The molecule has 0 radical (unpaired) electrons. The zero-order valence-electron chi connectivity index (χ0n) is 12.7. The monoisotopic (exact) mass is 287 g/mol. The maximum absolute atomic E-state index is 6.48. The first-order chi connectivity index (χ1) is 9.18. The number of rotatable bonds is 4. The molecule has 0 aromatic rings. The van der Waals surface area contributed by atoms with Crippen molar-refractivity contribution in [2.24, 2.45) is 0 Å². The van der Waals surface area contributed by atoms with Gasteiger partial charge in [0.1, 0.15) is 0 Å². The Morgan fingerprint density at radius 1 is 1.21 bits per heavy atom. The van der Waals surface area contributed by atoms with Crippen molar-refractivity contribution in [1.82, 2.24) is 4.90 Å². The summed E-state index contributed by atoms with van der Waals surface area (Å²) in [5.41, 5.74) is 0. The lowest BCUT2D eigenvalue weighted by molar-refractivity contribution is -0.00429. The van der Waals surface area contributed by atoms with Crippen LogP contribution in [0.5, 0.6) is 0 Å². The van der Waals surface area contributed by atoms with Crippen molar-refractivity contribution in [3.63, 3.8) is 0 Å². The Morgan fingerprint density at radius 3 is 2.74 bits per heavy atom. The molecular weight excluding hydrogens is 258 g/mol. The number of nitrogens with zero attached hydrogens (tertiary/aromatic N) is 1. The van der Waals surface area contributed by atoms with E-state index < -0.39 is 8.56 Å². The van der Waals surface area contributed by atoms with Crippen LogP contribution in [0.25, 0.3) is 0 Å². The van der Waals surface area contributed by atoms with E-state index in [0.29, 0.717) is 12.1 Å². The average molecular weight is 287 g/mol. The van der Waals surface area contributed by atoms with Gasteiger partial charge < -0.3 is 13.6 Å². The Bertz CT molecular complexity index is 279. The van der Waals surface area contributed by atoms with Gasteiger partial charge in [0.05, 0.1) is 12.7 Å². The summed E-state index contributed by atoms with van der Waals surface area (Å²) in [5, 5.41) is 0. The van der Waals surface area contributed by atoms with Crippen LogP contribution in [0.3, 0.4) is 0 Å². The molecule has 2 aliphatic rings. The second-order valence-electron chi connectivity index (χ2n) is 5.98.